The largest absolute Gasteiger partial charge is 0.492 e. The Kier molecular flexibility index (Phi) is 13.1. The Labute approximate surface area is 369 Å². The molecular formula is C52H50N6O4S. The summed E-state index contributed by atoms with van der Waals surface area (Å²) in [6.07, 6.45) is 7.28. The Bertz CT molecular complexity index is 3000. The molecule has 63 heavy (non-hydrogen) atoms. The van der Waals surface area contributed by atoms with Crippen molar-refractivity contribution >= 4 is 31.8 Å². The molecule has 0 fully saturated rings. The van der Waals surface area contributed by atoms with E-state index in [1.54, 1.807) is 42.7 Å². The topological polar surface area (TPSA) is 106 Å². The van der Waals surface area contributed by atoms with Gasteiger partial charge in [-0.1, -0.05) is 78.9 Å². The number of fused-ring (bicyclic) bond motifs is 2. The second-order valence-corrected chi connectivity index (χ2v) is 17.5. The lowest BCUT2D eigenvalue weighted by atomic mass is 10.0. The van der Waals surface area contributed by atoms with Crippen molar-refractivity contribution in [3.8, 4) is 56.3 Å². The highest BCUT2D eigenvalue weighted by molar-refractivity contribution is 7.90. The van der Waals surface area contributed by atoms with E-state index in [1.165, 1.54) is 9.36 Å². The maximum absolute atomic E-state index is 13.7. The average molecular weight is 855 g/mol. The molecule has 9 rings (SSSR count). The van der Waals surface area contributed by atoms with Gasteiger partial charge >= 0.3 is 0 Å². The van der Waals surface area contributed by atoms with Crippen LogP contribution in [-0.4, -0.2) is 91.6 Å². The first-order chi connectivity index (χ1) is 30.6. The number of aromatic amines is 1. The monoisotopic (exact) mass is 854 g/mol. The molecule has 318 valence electrons. The van der Waals surface area contributed by atoms with Gasteiger partial charge in [0.25, 0.3) is 10.0 Å². The van der Waals surface area contributed by atoms with E-state index in [0.717, 1.165) is 74.6 Å². The predicted molar refractivity (Wildman–Crippen MR) is 255 cm³/mol. The van der Waals surface area contributed by atoms with Gasteiger partial charge in [-0.05, 0) is 112 Å². The molecule has 0 atom stereocenters. The summed E-state index contributed by atoms with van der Waals surface area (Å²) >= 11 is 0. The highest BCUT2D eigenvalue weighted by atomic mass is 32.2. The number of rotatable bonds is 14. The van der Waals surface area contributed by atoms with Crippen LogP contribution in [0.15, 0.2) is 181 Å². The number of ether oxygens (including phenoxy) is 2. The molecule has 0 saturated carbocycles. The number of benzene rings is 5. The second kappa shape index (κ2) is 19.3. The molecule has 10 nitrogen and oxygen atoms in total. The summed E-state index contributed by atoms with van der Waals surface area (Å²) in [5, 5.41) is 2.05. The molecule has 0 aliphatic rings. The Hall–Kier alpha value is -7.05. The van der Waals surface area contributed by atoms with E-state index in [2.05, 4.69) is 67.2 Å². The van der Waals surface area contributed by atoms with E-state index < -0.39 is 10.0 Å². The van der Waals surface area contributed by atoms with Gasteiger partial charge < -0.3 is 24.3 Å². The van der Waals surface area contributed by atoms with Crippen molar-refractivity contribution in [3.63, 3.8) is 0 Å². The van der Waals surface area contributed by atoms with E-state index in [1.807, 2.05) is 119 Å². The second-order valence-electron chi connectivity index (χ2n) is 15.7. The number of H-pyrrole nitrogens is 1. The molecule has 0 aliphatic heterocycles. The molecule has 0 unspecified atom stereocenters. The van der Waals surface area contributed by atoms with Crippen molar-refractivity contribution < 1.29 is 17.9 Å². The SMILES string of the molecule is CN(C)CCOc1ccc(-c2cncc(-c3cc4ccccc4[nH]3)c2)cc1.CN(C)CCOc1ccc(-c2cncc(-c3cc4ccccc4n3S(=O)(=O)c3ccccc3)c2)cc1. The smallest absolute Gasteiger partial charge is 0.268 e. The fraction of sp³-hybridized carbons (Fsp3) is 0.154. The number of nitrogens with zero attached hydrogens (tertiary/aromatic N) is 5. The molecule has 4 aromatic heterocycles. The normalized spacial score (nSPS) is 11.5. The summed E-state index contributed by atoms with van der Waals surface area (Å²) in [6.45, 7) is 3.04. The van der Waals surface area contributed by atoms with Crippen molar-refractivity contribution in [1.82, 2.24) is 28.7 Å². The summed E-state index contributed by atoms with van der Waals surface area (Å²) in [5.74, 6) is 1.69. The number of para-hydroxylation sites is 2. The van der Waals surface area contributed by atoms with Gasteiger partial charge in [0.15, 0.2) is 0 Å². The highest BCUT2D eigenvalue weighted by Gasteiger charge is 2.24. The molecule has 0 bridgehead atoms. The minimum absolute atomic E-state index is 0.238. The van der Waals surface area contributed by atoms with Crippen molar-refractivity contribution in [1.29, 1.82) is 0 Å². The Morgan fingerprint density at radius 2 is 1.03 bits per heavy atom. The van der Waals surface area contributed by atoms with Gasteiger partial charge in [0, 0.05) is 82.1 Å². The minimum atomic E-state index is -3.83. The number of hydrogen-bond acceptors (Lipinski definition) is 8. The van der Waals surface area contributed by atoms with Crippen molar-refractivity contribution in [2.24, 2.45) is 0 Å². The van der Waals surface area contributed by atoms with E-state index in [9.17, 15) is 8.42 Å². The van der Waals surface area contributed by atoms with Crippen LogP contribution < -0.4 is 9.47 Å². The first-order valence-electron chi connectivity index (χ1n) is 20.8. The van der Waals surface area contributed by atoms with Crippen molar-refractivity contribution in [2.45, 2.75) is 4.90 Å². The van der Waals surface area contributed by atoms with E-state index in [4.69, 9.17) is 9.47 Å². The number of pyridine rings is 2. The zero-order valence-electron chi connectivity index (χ0n) is 35.8. The van der Waals surface area contributed by atoms with Gasteiger partial charge in [-0.25, -0.2) is 12.4 Å². The molecule has 0 spiro atoms. The first-order valence-corrected chi connectivity index (χ1v) is 22.2. The lowest BCUT2D eigenvalue weighted by molar-refractivity contribution is 0.261. The van der Waals surface area contributed by atoms with Crippen LogP contribution in [0.3, 0.4) is 0 Å². The summed E-state index contributed by atoms with van der Waals surface area (Å²) in [7, 11) is 4.27. The van der Waals surface area contributed by atoms with Gasteiger partial charge in [-0.2, -0.15) is 0 Å². The molecule has 11 heteroatoms. The quantitative estimate of drug-likeness (QED) is 0.115. The molecule has 9 aromatic rings. The number of hydrogen-bond donors (Lipinski definition) is 1. The van der Waals surface area contributed by atoms with E-state index in [-0.39, 0.29) is 4.90 Å². The van der Waals surface area contributed by atoms with Crippen LogP contribution in [0.1, 0.15) is 0 Å². The zero-order chi connectivity index (χ0) is 43.8. The van der Waals surface area contributed by atoms with Crippen LogP contribution in [-0.2, 0) is 10.0 Å². The third-order valence-electron chi connectivity index (χ3n) is 10.6. The molecule has 4 heterocycles. The molecule has 0 aliphatic carbocycles. The van der Waals surface area contributed by atoms with Crippen molar-refractivity contribution in [3.05, 3.63) is 176 Å². The Morgan fingerprint density at radius 3 is 1.62 bits per heavy atom. The Morgan fingerprint density at radius 1 is 0.524 bits per heavy atom. The van der Waals surface area contributed by atoms with Gasteiger partial charge in [0.1, 0.15) is 24.7 Å². The molecule has 0 saturated heterocycles. The first kappa shape index (κ1) is 42.6. The summed E-state index contributed by atoms with van der Waals surface area (Å²) < 4.78 is 40.5. The van der Waals surface area contributed by atoms with Gasteiger partial charge in [-0.15, -0.1) is 0 Å². The zero-order valence-corrected chi connectivity index (χ0v) is 36.7. The maximum atomic E-state index is 13.7. The van der Waals surface area contributed by atoms with Gasteiger partial charge in [-0.3, -0.25) is 9.97 Å². The van der Waals surface area contributed by atoms with Crippen LogP contribution in [0.4, 0.5) is 0 Å². The molecule has 5 aromatic carbocycles. The lowest BCUT2D eigenvalue weighted by Gasteiger charge is -2.13. The maximum Gasteiger partial charge on any atom is 0.268 e. The van der Waals surface area contributed by atoms with Crippen LogP contribution >= 0.6 is 0 Å². The molecule has 0 amide bonds. The third kappa shape index (κ3) is 10.2. The van der Waals surface area contributed by atoms with E-state index in [0.29, 0.717) is 24.4 Å². The molecule has 0 radical (unpaired) electrons. The number of likely N-dealkylation sites (N-methyl/N-ethyl adjacent to an activating group) is 2. The highest BCUT2D eigenvalue weighted by Crippen LogP contribution is 2.34. The van der Waals surface area contributed by atoms with Gasteiger partial charge in [0.05, 0.1) is 16.1 Å². The Balaban J connectivity index is 0.000000180. The predicted octanol–water partition coefficient (Wildman–Crippen LogP) is 10.4. The van der Waals surface area contributed by atoms with E-state index >= 15 is 0 Å². The standard InChI is InChI=1S/C29H27N3O3S.C23H23N3O/c1-31(2)16-17-35-26-14-12-22(13-15-26)24-18-25(21-30-20-24)29-19-23-8-6-7-11-28(23)32(29)36(33,34)27-9-4-3-5-10-27;1-26(2)11-12-27-21-9-7-17(8-10-21)19-13-20(16-24-15-19)23-14-18-5-3-4-6-22(18)25-23/h3-15,18-21H,16-17H2,1-2H3;3-10,13-16,25H,11-12H2,1-2H3. The van der Waals surface area contributed by atoms with Crippen LogP contribution in [0, 0.1) is 0 Å². The lowest BCUT2D eigenvalue weighted by Crippen LogP contribution is -2.19. The fourth-order valence-electron chi connectivity index (χ4n) is 7.18. The average Bonchev–Trinajstić information content (AvgIpc) is 3.93. The fourth-order valence-corrected chi connectivity index (χ4v) is 8.73. The minimum Gasteiger partial charge on any atom is -0.492 e. The molecular weight excluding hydrogens is 805 g/mol. The van der Waals surface area contributed by atoms with Crippen LogP contribution in [0.25, 0.3) is 66.6 Å². The molecule has 1 N–H and O–H groups in total. The summed E-state index contributed by atoms with van der Waals surface area (Å²) in [6, 6.07) is 48.5. The van der Waals surface area contributed by atoms with Crippen LogP contribution in [0.5, 0.6) is 11.5 Å². The third-order valence-corrected chi connectivity index (χ3v) is 12.3. The van der Waals surface area contributed by atoms with Crippen molar-refractivity contribution in [2.75, 3.05) is 54.5 Å². The summed E-state index contributed by atoms with van der Waals surface area (Å²) in [4.78, 5) is 16.8. The van der Waals surface area contributed by atoms with Gasteiger partial charge in [0.2, 0.25) is 0 Å². The van der Waals surface area contributed by atoms with Crippen LogP contribution in [0.2, 0.25) is 0 Å². The number of nitrogens with one attached hydrogen (secondary N) is 1. The summed E-state index contributed by atoms with van der Waals surface area (Å²) in [5.41, 5.74) is 9.28. The number of aromatic nitrogens is 4.